The topological polar surface area (TPSA) is 17.1 Å². The Morgan fingerprint density at radius 3 is 2.36 bits per heavy atom. The molecule has 0 fully saturated rings. The van der Waals surface area contributed by atoms with Crippen LogP contribution in [0, 0.1) is 5.92 Å². The highest BCUT2D eigenvalue weighted by Crippen LogP contribution is 2.25. The standard InChI is InChI=1S/C7H11ClF2O/c1-3-4-5(2)6(11)7(8,9)10/h5H,3-4H2,1-2H3. The van der Waals surface area contributed by atoms with E-state index in [1.807, 2.05) is 6.92 Å². The Morgan fingerprint density at radius 2 is 2.09 bits per heavy atom. The zero-order valence-corrected chi connectivity index (χ0v) is 7.29. The fraction of sp³-hybridized carbons (Fsp3) is 0.857. The van der Waals surface area contributed by atoms with Gasteiger partial charge in [0.15, 0.2) is 0 Å². The molecule has 1 nitrogen and oxygen atoms in total. The molecule has 0 amide bonds. The molecule has 0 heterocycles. The fourth-order valence-corrected chi connectivity index (χ4v) is 1.03. The van der Waals surface area contributed by atoms with E-state index in [-0.39, 0.29) is 0 Å². The summed E-state index contributed by atoms with van der Waals surface area (Å²) in [6, 6.07) is 0. The van der Waals surface area contributed by atoms with Crippen molar-refractivity contribution in [3.63, 3.8) is 0 Å². The maximum absolute atomic E-state index is 12.1. The van der Waals surface area contributed by atoms with Crippen LogP contribution in [0.15, 0.2) is 0 Å². The summed E-state index contributed by atoms with van der Waals surface area (Å²) in [4.78, 5) is 10.7. The molecular formula is C7H11ClF2O. The zero-order valence-electron chi connectivity index (χ0n) is 6.53. The van der Waals surface area contributed by atoms with Gasteiger partial charge < -0.3 is 0 Å². The maximum atomic E-state index is 12.1. The third-order valence-corrected chi connectivity index (χ3v) is 1.63. The molecule has 0 aliphatic carbocycles. The monoisotopic (exact) mass is 184 g/mol. The van der Waals surface area contributed by atoms with Gasteiger partial charge in [0.2, 0.25) is 5.78 Å². The molecule has 4 heteroatoms. The van der Waals surface area contributed by atoms with Crippen molar-refractivity contribution in [1.82, 2.24) is 0 Å². The van der Waals surface area contributed by atoms with Crippen LogP contribution in [0.4, 0.5) is 8.78 Å². The Hall–Kier alpha value is -0.180. The van der Waals surface area contributed by atoms with E-state index in [0.717, 1.165) is 0 Å². The highest BCUT2D eigenvalue weighted by molar-refractivity contribution is 6.32. The van der Waals surface area contributed by atoms with Crippen molar-refractivity contribution in [2.45, 2.75) is 32.1 Å². The minimum Gasteiger partial charge on any atom is -0.291 e. The summed E-state index contributed by atoms with van der Waals surface area (Å²) in [5.41, 5.74) is 0. The SMILES string of the molecule is CCCC(C)C(=O)C(F)(F)Cl. The lowest BCUT2D eigenvalue weighted by molar-refractivity contribution is -0.137. The number of hydrogen-bond acceptors (Lipinski definition) is 1. The molecule has 0 aromatic heterocycles. The second kappa shape index (κ2) is 4.00. The number of carbonyl (C=O) groups is 1. The molecule has 0 aromatic carbocycles. The molecule has 0 bridgehead atoms. The first kappa shape index (κ1) is 10.8. The van der Waals surface area contributed by atoms with E-state index in [9.17, 15) is 13.6 Å². The first-order valence-corrected chi connectivity index (χ1v) is 3.88. The molecule has 0 saturated heterocycles. The van der Waals surface area contributed by atoms with E-state index in [1.165, 1.54) is 6.92 Å². The summed E-state index contributed by atoms with van der Waals surface area (Å²) < 4.78 is 24.2. The minimum atomic E-state index is -3.69. The molecule has 0 rings (SSSR count). The van der Waals surface area contributed by atoms with Crippen LogP contribution in [-0.4, -0.2) is 11.2 Å². The molecule has 0 saturated carbocycles. The van der Waals surface area contributed by atoms with Gasteiger partial charge in [0.05, 0.1) is 0 Å². The summed E-state index contributed by atoms with van der Waals surface area (Å²) in [6.07, 6.45) is 1.17. The van der Waals surface area contributed by atoms with Crippen molar-refractivity contribution in [3.8, 4) is 0 Å². The van der Waals surface area contributed by atoms with Gasteiger partial charge in [0, 0.05) is 5.92 Å². The number of alkyl halides is 3. The Morgan fingerprint density at radius 1 is 1.64 bits per heavy atom. The molecule has 1 unspecified atom stereocenters. The van der Waals surface area contributed by atoms with E-state index in [4.69, 9.17) is 0 Å². The highest BCUT2D eigenvalue weighted by Gasteiger charge is 2.38. The molecule has 0 radical (unpaired) electrons. The molecule has 1 atom stereocenters. The van der Waals surface area contributed by atoms with E-state index in [0.29, 0.717) is 12.8 Å². The molecule has 0 aromatic rings. The van der Waals surface area contributed by atoms with Crippen LogP contribution >= 0.6 is 11.6 Å². The van der Waals surface area contributed by atoms with Crippen molar-refractivity contribution >= 4 is 17.4 Å². The average Bonchev–Trinajstić information content (AvgIpc) is 1.85. The lowest BCUT2D eigenvalue weighted by atomic mass is 10.0. The van der Waals surface area contributed by atoms with E-state index >= 15 is 0 Å². The molecule has 0 aliphatic heterocycles. The van der Waals surface area contributed by atoms with Gasteiger partial charge in [-0.1, -0.05) is 20.3 Å². The quantitative estimate of drug-likeness (QED) is 0.614. The third-order valence-electron chi connectivity index (χ3n) is 1.45. The van der Waals surface area contributed by atoms with Crippen LogP contribution in [0.2, 0.25) is 0 Å². The van der Waals surface area contributed by atoms with E-state index < -0.39 is 17.1 Å². The normalized spacial score (nSPS) is 14.6. The fourth-order valence-electron chi connectivity index (χ4n) is 0.843. The van der Waals surface area contributed by atoms with Crippen molar-refractivity contribution in [1.29, 1.82) is 0 Å². The number of hydrogen-bond donors (Lipinski definition) is 0. The van der Waals surface area contributed by atoms with Crippen LogP contribution in [-0.2, 0) is 4.79 Å². The van der Waals surface area contributed by atoms with Gasteiger partial charge in [-0.2, -0.15) is 8.78 Å². The first-order chi connectivity index (χ1) is 4.89. The van der Waals surface area contributed by atoms with Crippen LogP contribution in [0.5, 0.6) is 0 Å². The Balaban J connectivity index is 4.03. The van der Waals surface area contributed by atoms with Gasteiger partial charge in [0.25, 0.3) is 0 Å². The maximum Gasteiger partial charge on any atom is 0.380 e. The minimum absolute atomic E-state index is 0.459. The smallest absolute Gasteiger partial charge is 0.291 e. The molecule has 0 aliphatic rings. The number of rotatable bonds is 4. The lowest BCUT2D eigenvalue weighted by Crippen LogP contribution is -2.27. The van der Waals surface area contributed by atoms with Gasteiger partial charge in [-0.05, 0) is 18.0 Å². The molecular weight excluding hydrogens is 174 g/mol. The molecule has 0 N–H and O–H groups in total. The van der Waals surface area contributed by atoms with Crippen LogP contribution < -0.4 is 0 Å². The van der Waals surface area contributed by atoms with Crippen LogP contribution in [0.25, 0.3) is 0 Å². The van der Waals surface area contributed by atoms with Crippen LogP contribution in [0.1, 0.15) is 26.7 Å². The van der Waals surface area contributed by atoms with Gasteiger partial charge in [-0.15, -0.1) is 0 Å². The molecule has 66 valence electrons. The second-order valence-corrected chi connectivity index (χ2v) is 3.03. The number of carbonyl (C=O) groups excluding carboxylic acids is 1. The third kappa shape index (κ3) is 3.65. The Bertz CT molecular complexity index is 142. The predicted octanol–water partition coefficient (Wildman–Crippen LogP) is 2.82. The first-order valence-electron chi connectivity index (χ1n) is 3.50. The zero-order chi connectivity index (χ0) is 9.07. The largest absolute Gasteiger partial charge is 0.380 e. The van der Waals surface area contributed by atoms with E-state index in [2.05, 4.69) is 11.6 Å². The average molecular weight is 185 g/mol. The molecule has 11 heavy (non-hydrogen) atoms. The summed E-state index contributed by atoms with van der Waals surface area (Å²) >= 11 is 4.53. The summed E-state index contributed by atoms with van der Waals surface area (Å²) in [5, 5.41) is -3.69. The number of halogens is 3. The predicted molar refractivity (Wildman–Crippen MR) is 39.9 cm³/mol. The van der Waals surface area contributed by atoms with Crippen molar-refractivity contribution < 1.29 is 13.6 Å². The van der Waals surface area contributed by atoms with Gasteiger partial charge in [-0.3, -0.25) is 4.79 Å². The number of ketones is 1. The van der Waals surface area contributed by atoms with Crippen molar-refractivity contribution in [2.24, 2.45) is 5.92 Å². The van der Waals surface area contributed by atoms with Gasteiger partial charge in [0.1, 0.15) is 0 Å². The summed E-state index contributed by atoms with van der Waals surface area (Å²) in [6.45, 7) is 3.29. The Labute approximate surface area is 69.7 Å². The van der Waals surface area contributed by atoms with Gasteiger partial charge >= 0.3 is 5.38 Å². The van der Waals surface area contributed by atoms with Crippen molar-refractivity contribution in [3.05, 3.63) is 0 Å². The van der Waals surface area contributed by atoms with Crippen molar-refractivity contribution in [2.75, 3.05) is 0 Å². The van der Waals surface area contributed by atoms with Gasteiger partial charge in [-0.25, -0.2) is 0 Å². The number of Topliss-reactive ketones (excluding diaryl/α,β-unsaturated/α-hetero) is 1. The lowest BCUT2D eigenvalue weighted by Gasteiger charge is -2.11. The summed E-state index contributed by atoms with van der Waals surface area (Å²) in [7, 11) is 0. The van der Waals surface area contributed by atoms with E-state index in [1.54, 1.807) is 0 Å². The summed E-state index contributed by atoms with van der Waals surface area (Å²) in [5.74, 6) is -1.83. The Kier molecular flexibility index (Phi) is 3.93. The highest BCUT2D eigenvalue weighted by atomic mass is 35.5. The second-order valence-electron chi connectivity index (χ2n) is 2.55. The van der Waals surface area contributed by atoms with Crippen LogP contribution in [0.3, 0.4) is 0 Å². The molecule has 0 spiro atoms.